The molecule has 1 spiro atoms. The number of thioether (sulfide) groups is 1. The Bertz CT molecular complexity index is 3080. The molecule has 330 valence electrons. The highest BCUT2D eigenvalue weighted by atomic mass is 32.2. The van der Waals surface area contributed by atoms with Crippen molar-refractivity contribution in [2.24, 2.45) is 0 Å². The Balaban J connectivity index is 0.899. The van der Waals surface area contributed by atoms with Crippen LogP contribution >= 0.6 is 11.8 Å². The second-order valence-corrected chi connectivity index (χ2v) is 24.5. The lowest BCUT2D eigenvalue weighted by molar-refractivity contribution is -0.462. The molecular formula is C53H55N6O4SSi+. The normalized spacial score (nSPS) is 18.5. The minimum absolute atomic E-state index is 0.0953. The van der Waals surface area contributed by atoms with Gasteiger partial charge in [0.2, 0.25) is 0 Å². The van der Waals surface area contributed by atoms with E-state index in [1.54, 1.807) is 17.8 Å². The number of rotatable bonds is 8. The topological polar surface area (TPSA) is 111 Å². The fourth-order valence-electron chi connectivity index (χ4n) is 10.2. The molecule has 3 heterocycles. The molecule has 1 aliphatic carbocycles. The number of nitrogens with zero attached hydrogens (tertiary/aromatic N) is 4. The lowest BCUT2D eigenvalue weighted by atomic mass is 9.78. The van der Waals surface area contributed by atoms with Gasteiger partial charge in [0.25, 0.3) is 17.5 Å². The van der Waals surface area contributed by atoms with Gasteiger partial charge in [0.15, 0.2) is 5.71 Å². The molecule has 0 aromatic heterocycles. The number of fused-ring (bicyclic) bond motifs is 6. The van der Waals surface area contributed by atoms with E-state index in [1.807, 2.05) is 60.7 Å². The molecule has 4 aliphatic rings. The summed E-state index contributed by atoms with van der Waals surface area (Å²) in [5, 5.41) is 22.3. The highest BCUT2D eigenvalue weighted by molar-refractivity contribution is 8.01. The van der Waals surface area contributed by atoms with Crippen molar-refractivity contribution in [3.63, 3.8) is 0 Å². The smallest absolute Gasteiger partial charge is 0.277 e. The molecule has 2 N–H and O–H groups in total. The van der Waals surface area contributed by atoms with Crippen LogP contribution in [0.1, 0.15) is 62.4 Å². The fraction of sp³-hybridized carbons (Fsp3) is 0.264. The minimum Gasteiger partial charge on any atom is -0.378 e. The number of aryl methyl sites for hydroxylation is 1. The highest BCUT2D eigenvalue weighted by Crippen LogP contribution is 2.62. The van der Waals surface area contributed by atoms with E-state index in [2.05, 4.69) is 143 Å². The molecule has 0 radical (unpaired) electrons. The Hall–Kier alpha value is -6.50. The quantitative estimate of drug-likeness (QED) is 0.0526. The largest absolute Gasteiger partial charge is 0.378 e. The summed E-state index contributed by atoms with van der Waals surface area (Å²) in [6.07, 6.45) is 11.0. The average Bonchev–Trinajstić information content (AvgIpc) is 3.44. The average molecular weight is 900 g/mol. The van der Waals surface area contributed by atoms with Crippen LogP contribution in [0.3, 0.4) is 0 Å². The molecule has 10 nitrogen and oxygen atoms in total. The molecule has 5 aromatic carbocycles. The number of non-ortho nitro benzene ring substituents is 1. The van der Waals surface area contributed by atoms with Gasteiger partial charge in [0, 0.05) is 90.6 Å². The molecular weight excluding hydrogens is 845 g/mol. The van der Waals surface area contributed by atoms with Crippen LogP contribution in [0.2, 0.25) is 13.1 Å². The van der Waals surface area contributed by atoms with Crippen molar-refractivity contribution < 1.29 is 19.1 Å². The molecule has 9 rings (SSSR count). The Morgan fingerprint density at radius 2 is 1.51 bits per heavy atom. The molecule has 2 amide bonds. The number of nitrogens with one attached hydrogen (secondary N) is 2. The predicted octanol–water partition coefficient (Wildman–Crippen LogP) is 9.00. The minimum atomic E-state index is -2.09. The highest BCUT2D eigenvalue weighted by Gasteiger charge is 2.56. The maximum atomic E-state index is 13.7. The molecule has 0 fully saturated rings. The third-order valence-electron chi connectivity index (χ3n) is 14.0. The van der Waals surface area contributed by atoms with Crippen LogP contribution in [0.4, 0.5) is 17.1 Å². The Labute approximate surface area is 386 Å². The number of nitro benzene ring substituents is 1. The third-order valence-corrected chi connectivity index (χ3v) is 19.4. The molecule has 0 saturated heterocycles. The van der Waals surface area contributed by atoms with E-state index in [4.69, 9.17) is 0 Å². The zero-order chi connectivity index (χ0) is 46.3. The Morgan fingerprint density at radius 3 is 2.17 bits per heavy atom. The first-order valence-corrected chi connectivity index (χ1v) is 25.8. The Morgan fingerprint density at radius 1 is 0.846 bits per heavy atom. The monoisotopic (exact) mass is 899 g/mol. The van der Waals surface area contributed by atoms with Crippen LogP contribution in [0, 0.1) is 17.0 Å². The summed E-state index contributed by atoms with van der Waals surface area (Å²) in [6, 6.07) is 27.8. The summed E-state index contributed by atoms with van der Waals surface area (Å²) in [4.78, 5) is 43.8. The number of allylic oxidation sites excluding steroid dienone is 5. The molecule has 1 unspecified atom stereocenters. The number of hydrogen-bond donors (Lipinski definition) is 2. The molecule has 3 aliphatic heterocycles. The van der Waals surface area contributed by atoms with E-state index in [9.17, 15) is 19.7 Å². The van der Waals surface area contributed by atoms with Crippen LogP contribution in [0.15, 0.2) is 125 Å². The lowest BCUT2D eigenvalue weighted by Gasteiger charge is -2.45. The van der Waals surface area contributed by atoms with Gasteiger partial charge in [-0.25, -0.2) is 4.58 Å². The summed E-state index contributed by atoms with van der Waals surface area (Å²) in [5.41, 5.74) is 11.8. The lowest BCUT2D eigenvalue weighted by Crippen LogP contribution is -2.50. The van der Waals surface area contributed by atoms with Gasteiger partial charge < -0.3 is 20.4 Å². The van der Waals surface area contributed by atoms with Crippen LogP contribution in [-0.4, -0.2) is 88.3 Å². The van der Waals surface area contributed by atoms with E-state index < -0.39 is 18.4 Å². The Kier molecular flexibility index (Phi) is 10.7. The van der Waals surface area contributed by atoms with Gasteiger partial charge in [-0.3, -0.25) is 19.7 Å². The summed E-state index contributed by atoms with van der Waals surface area (Å²) in [6.45, 7) is 11.9. The number of amides is 2. The number of nitro groups is 1. The molecule has 0 bridgehead atoms. The van der Waals surface area contributed by atoms with Crippen molar-refractivity contribution in [1.29, 1.82) is 0 Å². The molecule has 1 atom stereocenters. The second kappa shape index (κ2) is 15.9. The maximum Gasteiger partial charge on any atom is 0.277 e. The fourth-order valence-corrected chi connectivity index (χ4v) is 14.9. The standard InChI is InChI=1S/C53H54N6O4SSi/c1-32-27-34(15-19-38(32)48-41-20-17-36(56(4)5)30-46(41)65(9,10)47-31-37(57(6)7)18-21-42(47)48)50(60)54-25-26-55-51(61)35-16-22-44-43(28-35)52(2,3)53(58(44)8)24-23-33-29-45(59(62)63)39-13-11-12-14-40(39)49(33)64-53/h11-24,27-31H,25-26H2,1-10H3,(H-,54,55,60,61)/p+1. The SMILES string of the molecule is Cc1cc(C(=O)NCCNC(=O)c2ccc3c(c2)C(C)(C)C2(C=Cc4cc([N+](=O)[O-])c5ccccc5c4S2)N3C)ccc1C1=C2C=CC(=[N+](C)C)C=C2[Si](C)(C)c2cc(N(C)C)ccc21. The number of carbonyl (C=O) groups is 2. The van der Waals surface area contributed by atoms with Crippen LogP contribution < -0.4 is 25.6 Å². The van der Waals surface area contributed by atoms with Crippen molar-refractivity contribution in [1.82, 2.24) is 10.6 Å². The van der Waals surface area contributed by atoms with Crippen LogP contribution in [0.25, 0.3) is 22.4 Å². The van der Waals surface area contributed by atoms with Crippen molar-refractivity contribution in [2.75, 3.05) is 58.1 Å². The van der Waals surface area contributed by atoms with Crippen molar-refractivity contribution >= 4 is 82.0 Å². The van der Waals surface area contributed by atoms with Crippen molar-refractivity contribution in [3.8, 4) is 0 Å². The summed E-state index contributed by atoms with van der Waals surface area (Å²) in [5.74, 6) is -0.415. The molecule has 5 aromatic rings. The van der Waals surface area contributed by atoms with E-state index in [0.717, 1.165) is 38.2 Å². The molecule has 65 heavy (non-hydrogen) atoms. The number of hydrogen-bond acceptors (Lipinski definition) is 7. The maximum absolute atomic E-state index is 13.7. The van der Waals surface area contributed by atoms with E-state index >= 15 is 0 Å². The van der Waals surface area contributed by atoms with E-state index in [0.29, 0.717) is 16.5 Å². The van der Waals surface area contributed by atoms with Gasteiger partial charge in [0.1, 0.15) is 27.0 Å². The summed E-state index contributed by atoms with van der Waals surface area (Å²) < 4.78 is 2.16. The van der Waals surface area contributed by atoms with Crippen molar-refractivity contribution in [2.45, 2.75) is 49.0 Å². The number of benzene rings is 5. The van der Waals surface area contributed by atoms with Crippen molar-refractivity contribution in [3.05, 3.63) is 169 Å². The number of carbonyl (C=O) groups excluding carboxylic acids is 2. The zero-order valence-corrected chi connectivity index (χ0v) is 40.5. The number of likely N-dealkylation sites (N-methyl/N-ethyl adjacent to an activating group) is 1. The number of anilines is 2. The van der Waals surface area contributed by atoms with Gasteiger partial charge >= 0.3 is 0 Å². The van der Waals surface area contributed by atoms with Gasteiger partial charge in [-0.2, -0.15) is 0 Å². The molecule has 12 heteroatoms. The molecule has 0 saturated carbocycles. The van der Waals surface area contributed by atoms with Gasteiger partial charge in [-0.15, -0.1) is 0 Å². The van der Waals surface area contributed by atoms with Crippen LogP contribution in [0.5, 0.6) is 0 Å². The first-order chi connectivity index (χ1) is 30.8. The van der Waals surface area contributed by atoms with Crippen LogP contribution in [-0.2, 0) is 5.41 Å². The second-order valence-electron chi connectivity index (χ2n) is 19.0. The first kappa shape index (κ1) is 43.7. The van der Waals surface area contributed by atoms with Gasteiger partial charge in [-0.1, -0.05) is 75.1 Å². The summed E-state index contributed by atoms with van der Waals surface area (Å²) >= 11 is 1.70. The van der Waals surface area contributed by atoms with E-state index in [-0.39, 0.29) is 35.5 Å². The summed E-state index contributed by atoms with van der Waals surface area (Å²) in [7, 11) is 8.32. The van der Waals surface area contributed by atoms with E-state index in [1.165, 1.54) is 38.5 Å². The third kappa shape index (κ3) is 6.96. The predicted molar refractivity (Wildman–Crippen MR) is 270 cm³/mol. The van der Waals surface area contributed by atoms with Gasteiger partial charge in [0.05, 0.1) is 10.3 Å². The van der Waals surface area contributed by atoms with Gasteiger partial charge in [-0.05, 0) is 117 Å². The first-order valence-electron chi connectivity index (χ1n) is 22.0. The zero-order valence-electron chi connectivity index (χ0n) is 38.7.